The number of rotatable bonds is 16. The second-order valence-corrected chi connectivity index (χ2v) is 6.07. The first-order chi connectivity index (χ1) is 10.8. The van der Waals surface area contributed by atoms with Gasteiger partial charge in [-0.3, -0.25) is 0 Å². The number of allylic oxidation sites excluding steroid dienone is 2. The Labute approximate surface area is 146 Å². The number of unbranched alkanes of at least 4 members (excludes halogenated alkanes) is 6. The van der Waals surface area contributed by atoms with Gasteiger partial charge in [-0.25, -0.2) is 0 Å². The molecule has 0 unspecified atom stereocenters. The van der Waals surface area contributed by atoms with Crippen molar-refractivity contribution in [2.24, 2.45) is 0 Å². The van der Waals surface area contributed by atoms with Crippen molar-refractivity contribution < 1.29 is 9.47 Å². The molecule has 130 valence electrons. The van der Waals surface area contributed by atoms with E-state index in [1.54, 1.807) is 12.5 Å². The third kappa shape index (κ3) is 16.0. The first kappa shape index (κ1) is 21.7. The Balaban J connectivity index is 3.96. The summed E-state index contributed by atoms with van der Waals surface area (Å²) in [4.78, 5) is 0. The molecular formula is C18H32Cl2O2. The van der Waals surface area contributed by atoms with E-state index in [1.165, 1.54) is 25.7 Å². The van der Waals surface area contributed by atoms with Crippen molar-refractivity contribution in [3.05, 3.63) is 24.7 Å². The maximum absolute atomic E-state index is 5.68. The summed E-state index contributed by atoms with van der Waals surface area (Å²) in [6, 6.07) is 0. The highest BCUT2D eigenvalue weighted by atomic mass is 35.5. The van der Waals surface area contributed by atoms with Gasteiger partial charge >= 0.3 is 0 Å². The van der Waals surface area contributed by atoms with Gasteiger partial charge < -0.3 is 9.47 Å². The average Bonchev–Trinajstić information content (AvgIpc) is 2.53. The van der Waals surface area contributed by atoms with E-state index in [4.69, 9.17) is 32.7 Å². The molecule has 0 N–H and O–H groups in total. The monoisotopic (exact) mass is 350 g/mol. The minimum absolute atomic E-state index is 0.193. The lowest BCUT2D eigenvalue weighted by Crippen LogP contribution is -2.11. The molecule has 0 aromatic rings. The molecule has 0 bridgehead atoms. The van der Waals surface area contributed by atoms with E-state index in [-0.39, 0.29) is 6.29 Å². The molecule has 0 saturated heterocycles. The van der Waals surface area contributed by atoms with Gasteiger partial charge in [-0.15, -0.1) is 23.2 Å². The van der Waals surface area contributed by atoms with E-state index < -0.39 is 0 Å². The fourth-order valence-electron chi connectivity index (χ4n) is 1.90. The Kier molecular flexibility index (Phi) is 18.4. The first-order valence-corrected chi connectivity index (χ1v) is 9.64. The molecule has 0 saturated carbocycles. The highest BCUT2D eigenvalue weighted by Crippen LogP contribution is 2.12. The molecule has 0 amide bonds. The molecule has 0 fully saturated rings. The largest absolute Gasteiger partial charge is 0.463 e. The summed E-state index contributed by atoms with van der Waals surface area (Å²) >= 11 is 11.3. The molecule has 22 heavy (non-hydrogen) atoms. The van der Waals surface area contributed by atoms with Gasteiger partial charge in [0.15, 0.2) is 0 Å². The van der Waals surface area contributed by atoms with Crippen LogP contribution in [0.25, 0.3) is 0 Å². The van der Waals surface area contributed by atoms with Crippen LogP contribution in [-0.2, 0) is 9.47 Å². The van der Waals surface area contributed by atoms with Gasteiger partial charge in [-0.2, -0.15) is 0 Å². The molecule has 0 spiro atoms. The third-order valence-electron chi connectivity index (χ3n) is 3.21. The van der Waals surface area contributed by atoms with E-state index in [1.807, 2.05) is 12.2 Å². The van der Waals surface area contributed by atoms with Crippen molar-refractivity contribution in [1.82, 2.24) is 0 Å². The van der Waals surface area contributed by atoms with E-state index in [0.29, 0.717) is 11.8 Å². The Morgan fingerprint density at radius 2 is 1.32 bits per heavy atom. The summed E-state index contributed by atoms with van der Waals surface area (Å²) in [5.41, 5.74) is 0. The summed E-state index contributed by atoms with van der Waals surface area (Å²) in [7, 11) is 0. The van der Waals surface area contributed by atoms with Crippen LogP contribution in [0.5, 0.6) is 0 Å². The van der Waals surface area contributed by atoms with Gasteiger partial charge in [0, 0.05) is 18.2 Å². The Morgan fingerprint density at radius 3 is 1.82 bits per heavy atom. The smallest absolute Gasteiger partial charge is 0.239 e. The van der Waals surface area contributed by atoms with E-state index in [2.05, 4.69) is 6.92 Å². The zero-order chi connectivity index (χ0) is 16.3. The Bertz CT molecular complexity index is 248. The van der Waals surface area contributed by atoms with Crippen molar-refractivity contribution in [2.75, 3.05) is 11.8 Å². The molecule has 4 heteroatoms. The maximum atomic E-state index is 5.68. The molecular weight excluding hydrogens is 319 g/mol. The van der Waals surface area contributed by atoms with Crippen LogP contribution in [0.4, 0.5) is 0 Å². The SMILES string of the molecule is CCCCCCCC(OC=CCCCCl)OC=CCCCCl. The van der Waals surface area contributed by atoms with Crippen molar-refractivity contribution in [2.45, 2.75) is 77.4 Å². The quantitative estimate of drug-likeness (QED) is 0.132. The zero-order valence-electron chi connectivity index (χ0n) is 13.9. The van der Waals surface area contributed by atoms with E-state index in [9.17, 15) is 0 Å². The molecule has 0 aliphatic carbocycles. The summed E-state index contributed by atoms with van der Waals surface area (Å²) < 4.78 is 11.4. The molecule has 0 radical (unpaired) electrons. The summed E-state index contributed by atoms with van der Waals surface area (Å²) in [6.07, 6.45) is 18.3. The summed E-state index contributed by atoms with van der Waals surface area (Å²) in [5, 5.41) is 0. The van der Waals surface area contributed by atoms with Crippen molar-refractivity contribution in [3.8, 4) is 0 Å². The second-order valence-electron chi connectivity index (χ2n) is 5.31. The van der Waals surface area contributed by atoms with Crippen LogP contribution in [0.15, 0.2) is 24.7 Å². The number of halogens is 2. The number of hydrogen-bond acceptors (Lipinski definition) is 2. The molecule has 0 heterocycles. The average molecular weight is 351 g/mol. The molecule has 0 atom stereocenters. The molecule has 0 aliphatic rings. The minimum atomic E-state index is -0.193. The van der Waals surface area contributed by atoms with Crippen molar-refractivity contribution in [1.29, 1.82) is 0 Å². The molecule has 0 aromatic heterocycles. The van der Waals surface area contributed by atoms with Gasteiger partial charge in [0.05, 0.1) is 12.5 Å². The fraction of sp³-hybridized carbons (Fsp3) is 0.778. The minimum Gasteiger partial charge on any atom is -0.463 e. The third-order valence-corrected chi connectivity index (χ3v) is 3.74. The lowest BCUT2D eigenvalue weighted by atomic mass is 10.1. The molecule has 2 nitrogen and oxygen atoms in total. The highest BCUT2D eigenvalue weighted by molar-refractivity contribution is 6.18. The molecule has 0 rings (SSSR count). The van der Waals surface area contributed by atoms with Crippen LogP contribution in [0.3, 0.4) is 0 Å². The first-order valence-electron chi connectivity index (χ1n) is 8.58. The summed E-state index contributed by atoms with van der Waals surface area (Å²) in [6.45, 7) is 2.23. The normalized spacial score (nSPS) is 13.0. The second kappa shape index (κ2) is 18.7. The predicted molar refractivity (Wildman–Crippen MR) is 97.5 cm³/mol. The van der Waals surface area contributed by atoms with Crippen LogP contribution in [-0.4, -0.2) is 18.1 Å². The number of alkyl halides is 2. The zero-order valence-corrected chi connectivity index (χ0v) is 15.5. The van der Waals surface area contributed by atoms with Crippen molar-refractivity contribution in [3.63, 3.8) is 0 Å². The lowest BCUT2D eigenvalue weighted by Gasteiger charge is -2.16. The Morgan fingerprint density at radius 1 is 0.773 bits per heavy atom. The lowest BCUT2D eigenvalue weighted by molar-refractivity contribution is -0.0676. The van der Waals surface area contributed by atoms with Gasteiger partial charge in [-0.05, 0) is 44.3 Å². The fourth-order valence-corrected chi connectivity index (χ4v) is 2.20. The number of hydrogen-bond donors (Lipinski definition) is 0. The predicted octanol–water partition coefficient (Wildman–Crippen LogP) is 6.77. The van der Waals surface area contributed by atoms with Crippen LogP contribution in [0.1, 0.15) is 71.1 Å². The van der Waals surface area contributed by atoms with Crippen LogP contribution in [0.2, 0.25) is 0 Å². The van der Waals surface area contributed by atoms with Crippen LogP contribution < -0.4 is 0 Å². The van der Waals surface area contributed by atoms with Gasteiger partial charge in [0.2, 0.25) is 6.29 Å². The van der Waals surface area contributed by atoms with Crippen LogP contribution in [0, 0.1) is 0 Å². The number of ether oxygens (including phenoxy) is 2. The van der Waals surface area contributed by atoms with Gasteiger partial charge in [0.25, 0.3) is 0 Å². The van der Waals surface area contributed by atoms with Gasteiger partial charge in [0.1, 0.15) is 0 Å². The molecule has 0 aliphatic heterocycles. The van der Waals surface area contributed by atoms with Crippen molar-refractivity contribution >= 4 is 23.2 Å². The van der Waals surface area contributed by atoms with E-state index >= 15 is 0 Å². The van der Waals surface area contributed by atoms with Gasteiger partial charge in [-0.1, -0.05) is 32.6 Å². The highest BCUT2D eigenvalue weighted by Gasteiger charge is 2.06. The van der Waals surface area contributed by atoms with E-state index in [0.717, 1.165) is 38.5 Å². The van der Waals surface area contributed by atoms with Crippen LogP contribution >= 0.6 is 23.2 Å². The molecule has 0 aromatic carbocycles. The Hall–Kier alpha value is -0.340. The topological polar surface area (TPSA) is 18.5 Å². The maximum Gasteiger partial charge on any atom is 0.239 e. The summed E-state index contributed by atoms with van der Waals surface area (Å²) in [5.74, 6) is 1.37. The standard InChI is InChI=1S/C18H32Cl2O2/c1-2-3-4-5-8-13-18(21-16-11-6-9-14-19)22-17-12-7-10-15-20/h11-12,16-18H,2-10,13-15H2,1H3.